The summed E-state index contributed by atoms with van der Waals surface area (Å²) in [5.41, 5.74) is 2.83. The highest BCUT2D eigenvalue weighted by Crippen LogP contribution is 2.27. The number of rotatable bonds is 8. The van der Waals surface area contributed by atoms with Crippen molar-refractivity contribution >= 4 is 50.9 Å². The molecule has 2 aromatic rings. The predicted octanol–water partition coefficient (Wildman–Crippen LogP) is 6.23. The summed E-state index contributed by atoms with van der Waals surface area (Å²) >= 11 is 15.8. The number of benzene rings is 2. The van der Waals surface area contributed by atoms with Gasteiger partial charge in [-0.15, -0.1) is 0 Å². The van der Waals surface area contributed by atoms with E-state index in [2.05, 4.69) is 21.2 Å². The first-order chi connectivity index (χ1) is 15.7. The average molecular weight is 556 g/mol. The van der Waals surface area contributed by atoms with Crippen LogP contribution in [0.1, 0.15) is 49.3 Å². The van der Waals surface area contributed by atoms with E-state index < -0.39 is 6.04 Å². The molecule has 8 heteroatoms. The van der Waals surface area contributed by atoms with E-state index in [1.165, 1.54) is 4.90 Å². The summed E-state index contributed by atoms with van der Waals surface area (Å²) in [6.45, 7) is 5.73. The van der Waals surface area contributed by atoms with Gasteiger partial charge in [0.25, 0.3) is 5.91 Å². The molecule has 0 saturated heterocycles. The second-order valence-electron chi connectivity index (χ2n) is 8.60. The number of carbonyl (C=O) groups excluding carboxylic acids is 2. The molecule has 0 radical (unpaired) electrons. The molecule has 0 heterocycles. The summed E-state index contributed by atoms with van der Waals surface area (Å²) in [5.74, 6) is 0.165. The van der Waals surface area contributed by atoms with Gasteiger partial charge in [-0.05, 0) is 74.6 Å². The van der Waals surface area contributed by atoms with Crippen LogP contribution in [0, 0.1) is 13.8 Å². The Morgan fingerprint density at radius 1 is 1.12 bits per heavy atom. The zero-order valence-corrected chi connectivity index (χ0v) is 22.2. The van der Waals surface area contributed by atoms with E-state index in [0.717, 1.165) is 46.8 Å². The van der Waals surface area contributed by atoms with Crippen molar-refractivity contribution in [2.24, 2.45) is 0 Å². The van der Waals surface area contributed by atoms with Crippen LogP contribution < -0.4 is 10.1 Å². The third-order valence-corrected chi connectivity index (χ3v) is 7.97. The van der Waals surface area contributed by atoms with Crippen LogP contribution >= 0.6 is 39.1 Å². The van der Waals surface area contributed by atoms with Crippen molar-refractivity contribution in [3.05, 3.63) is 61.5 Å². The van der Waals surface area contributed by atoms with Crippen LogP contribution in [0.15, 0.2) is 34.8 Å². The Bertz CT molecular complexity index is 1000. The Hall–Kier alpha value is -1.76. The molecule has 0 aliphatic heterocycles. The molecule has 3 rings (SSSR count). The zero-order chi connectivity index (χ0) is 24.1. The highest BCUT2D eigenvalue weighted by atomic mass is 79.9. The van der Waals surface area contributed by atoms with Crippen molar-refractivity contribution < 1.29 is 14.3 Å². The van der Waals surface area contributed by atoms with E-state index in [-0.39, 0.29) is 31.0 Å². The molecule has 1 aliphatic rings. The molecular formula is C25H29BrCl2N2O3. The SMILES string of the molecule is Cc1cc(OCC(=O)N(Cc2ccc(Cl)c(Cl)c2)C(C)C(=O)NC2CCCC2)cc(C)c1Br. The molecule has 178 valence electrons. The van der Waals surface area contributed by atoms with Gasteiger partial charge in [0.15, 0.2) is 6.61 Å². The maximum Gasteiger partial charge on any atom is 0.261 e. The summed E-state index contributed by atoms with van der Waals surface area (Å²) in [5, 5.41) is 3.93. The molecule has 0 bridgehead atoms. The average Bonchev–Trinajstić information content (AvgIpc) is 3.29. The molecule has 2 aromatic carbocycles. The third-order valence-electron chi connectivity index (χ3n) is 5.98. The fraction of sp³-hybridized carbons (Fsp3) is 0.440. The van der Waals surface area contributed by atoms with Crippen LogP contribution in [0.3, 0.4) is 0 Å². The molecule has 0 aromatic heterocycles. The van der Waals surface area contributed by atoms with E-state index in [1.54, 1.807) is 25.1 Å². The Morgan fingerprint density at radius 3 is 2.36 bits per heavy atom. The maximum atomic E-state index is 13.2. The van der Waals surface area contributed by atoms with Crippen molar-refractivity contribution in [1.82, 2.24) is 10.2 Å². The van der Waals surface area contributed by atoms with Gasteiger partial charge in [0, 0.05) is 17.1 Å². The van der Waals surface area contributed by atoms with E-state index in [9.17, 15) is 9.59 Å². The van der Waals surface area contributed by atoms with E-state index in [0.29, 0.717) is 15.8 Å². The number of carbonyl (C=O) groups is 2. The van der Waals surface area contributed by atoms with Gasteiger partial charge < -0.3 is 15.0 Å². The standard InChI is InChI=1S/C25H29BrCl2N2O3/c1-15-10-20(11-16(2)24(15)26)33-14-23(31)30(13-18-8-9-21(27)22(28)12-18)17(3)25(32)29-19-6-4-5-7-19/h8-12,17,19H,4-7,13-14H2,1-3H3,(H,29,32). The molecule has 1 N–H and O–H groups in total. The quantitative estimate of drug-likeness (QED) is 0.420. The Labute approximate surface area is 213 Å². The first kappa shape index (κ1) is 25.9. The number of ether oxygens (including phenoxy) is 1. The normalized spacial score (nSPS) is 14.7. The van der Waals surface area contributed by atoms with Crippen LogP contribution in [0.2, 0.25) is 10.0 Å². The third kappa shape index (κ3) is 6.87. The molecule has 1 saturated carbocycles. The molecular weight excluding hydrogens is 527 g/mol. The summed E-state index contributed by atoms with van der Waals surface area (Å²) in [7, 11) is 0. The maximum absolute atomic E-state index is 13.2. The summed E-state index contributed by atoms with van der Waals surface area (Å²) in [6.07, 6.45) is 4.19. The Balaban J connectivity index is 1.76. The molecule has 1 unspecified atom stereocenters. The summed E-state index contributed by atoms with van der Waals surface area (Å²) in [4.78, 5) is 27.7. The minimum absolute atomic E-state index is 0.161. The monoisotopic (exact) mass is 554 g/mol. The summed E-state index contributed by atoms with van der Waals surface area (Å²) in [6, 6.07) is 8.48. The lowest BCUT2D eigenvalue weighted by Crippen LogP contribution is -2.50. The summed E-state index contributed by atoms with van der Waals surface area (Å²) < 4.78 is 6.83. The van der Waals surface area contributed by atoms with Gasteiger partial charge >= 0.3 is 0 Å². The minimum Gasteiger partial charge on any atom is -0.484 e. The number of amides is 2. The van der Waals surface area contributed by atoms with Crippen molar-refractivity contribution in [3.63, 3.8) is 0 Å². The van der Waals surface area contributed by atoms with Gasteiger partial charge in [0.1, 0.15) is 11.8 Å². The molecule has 5 nitrogen and oxygen atoms in total. The van der Waals surface area contributed by atoms with Gasteiger partial charge in [-0.1, -0.05) is 58.0 Å². The fourth-order valence-electron chi connectivity index (χ4n) is 4.03. The number of hydrogen-bond acceptors (Lipinski definition) is 3. The van der Waals surface area contributed by atoms with Gasteiger partial charge in [-0.2, -0.15) is 0 Å². The van der Waals surface area contributed by atoms with Crippen LogP contribution in [0.5, 0.6) is 5.75 Å². The highest BCUT2D eigenvalue weighted by Gasteiger charge is 2.29. The molecule has 2 amide bonds. The van der Waals surface area contributed by atoms with Crippen molar-refractivity contribution in [3.8, 4) is 5.75 Å². The second kappa shape index (κ2) is 11.6. The van der Waals surface area contributed by atoms with E-state index >= 15 is 0 Å². The first-order valence-corrected chi connectivity index (χ1v) is 12.6. The van der Waals surface area contributed by atoms with E-state index in [4.69, 9.17) is 27.9 Å². The van der Waals surface area contributed by atoms with Gasteiger partial charge in [0.2, 0.25) is 5.91 Å². The Kier molecular flexibility index (Phi) is 9.08. The molecule has 0 spiro atoms. The van der Waals surface area contributed by atoms with Crippen molar-refractivity contribution in [2.45, 2.75) is 65.1 Å². The van der Waals surface area contributed by atoms with Gasteiger partial charge in [0.05, 0.1) is 10.0 Å². The van der Waals surface area contributed by atoms with Crippen LogP contribution in [-0.2, 0) is 16.1 Å². The lowest BCUT2D eigenvalue weighted by molar-refractivity contribution is -0.142. The highest BCUT2D eigenvalue weighted by molar-refractivity contribution is 9.10. The number of halogens is 3. The fourth-order valence-corrected chi connectivity index (χ4v) is 4.58. The molecule has 1 fully saturated rings. The number of aryl methyl sites for hydroxylation is 2. The molecule has 33 heavy (non-hydrogen) atoms. The first-order valence-electron chi connectivity index (χ1n) is 11.1. The lowest BCUT2D eigenvalue weighted by atomic mass is 10.1. The van der Waals surface area contributed by atoms with Crippen LogP contribution in [0.4, 0.5) is 0 Å². The number of nitrogens with zero attached hydrogens (tertiary/aromatic N) is 1. The zero-order valence-electron chi connectivity index (χ0n) is 19.1. The molecule has 1 atom stereocenters. The predicted molar refractivity (Wildman–Crippen MR) is 136 cm³/mol. The largest absolute Gasteiger partial charge is 0.484 e. The lowest BCUT2D eigenvalue weighted by Gasteiger charge is -2.29. The smallest absolute Gasteiger partial charge is 0.261 e. The van der Waals surface area contributed by atoms with Gasteiger partial charge in [-0.25, -0.2) is 0 Å². The van der Waals surface area contributed by atoms with Crippen LogP contribution in [0.25, 0.3) is 0 Å². The molecule has 1 aliphatic carbocycles. The number of nitrogens with one attached hydrogen (secondary N) is 1. The van der Waals surface area contributed by atoms with Crippen molar-refractivity contribution in [1.29, 1.82) is 0 Å². The minimum atomic E-state index is -0.662. The topological polar surface area (TPSA) is 58.6 Å². The van der Waals surface area contributed by atoms with Gasteiger partial charge in [-0.3, -0.25) is 9.59 Å². The second-order valence-corrected chi connectivity index (χ2v) is 10.2. The van der Waals surface area contributed by atoms with E-state index in [1.807, 2.05) is 26.0 Å². The van der Waals surface area contributed by atoms with Crippen molar-refractivity contribution in [2.75, 3.05) is 6.61 Å². The van der Waals surface area contributed by atoms with Crippen LogP contribution in [-0.4, -0.2) is 35.4 Å². The number of hydrogen-bond donors (Lipinski definition) is 1. The Morgan fingerprint density at radius 2 is 1.76 bits per heavy atom.